The number of hydrogen-bond acceptors (Lipinski definition) is 1. The summed E-state index contributed by atoms with van der Waals surface area (Å²) in [7, 11) is 0. The second kappa shape index (κ2) is 41.0. The molecule has 2 nitrogen and oxygen atoms in total. The standard InChI is InChI=1S/CH2O.Ca.H2O.2H/c1-2;;;;/h1H2;;1H2;;. The molecule has 0 spiro atoms. The molecule has 0 saturated heterocycles. The average Bonchev–Trinajstić information content (AvgIpc) is 1.00. The molecule has 0 atom stereocenters. The molecular weight excluding hydrogens is 84.1 g/mol. The van der Waals surface area contributed by atoms with Gasteiger partial charge in [0.05, 0.1) is 0 Å². The zero-order chi connectivity index (χ0) is 2.00. The molecular formula is CH6CaO2. The summed E-state index contributed by atoms with van der Waals surface area (Å²) in [5.41, 5.74) is 0. The minimum atomic E-state index is 0. The van der Waals surface area contributed by atoms with Crippen LogP contribution in [0.25, 0.3) is 0 Å². The van der Waals surface area contributed by atoms with Gasteiger partial charge in [-0.05, 0) is 0 Å². The van der Waals surface area contributed by atoms with E-state index in [1.807, 2.05) is 6.79 Å². The van der Waals surface area contributed by atoms with Gasteiger partial charge in [0.2, 0.25) is 0 Å². The van der Waals surface area contributed by atoms with Crippen molar-refractivity contribution in [2.24, 2.45) is 0 Å². The Labute approximate surface area is 54.5 Å². The average molecular weight is 90.1 g/mol. The van der Waals surface area contributed by atoms with Crippen molar-refractivity contribution in [1.82, 2.24) is 0 Å². The number of rotatable bonds is 0. The first kappa shape index (κ1) is 20.7. The summed E-state index contributed by atoms with van der Waals surface area (Å²) in [6.45, 7) is 2.00. The van der Waals surface area contributed by atoms with Crippen molar-refractivity contribution in [1.29, 1.82) is 0 Å². The molecule has 0 saturated carbocycles. The van der Waals surface area contributed by atoms with Crippen molar-refractivity contribution in [3.63, 3.8) is 0 Å². The Hall–Kier alpha value is 0.890. The van der Waals surface area contributed by atoms with Gasteiger partial charge in [-0.3, -0.25) is 0 Å². The van der Waals surface area contributed by atoms with Crippen LogP contribution < -0.4 is 0 Å². The Balaban J connectivity index is -0.00000000500. The molecule has 24 valence electrons. The topological polar surface area (TPSA) is 48.6 Å². The Kier molecular flexibility index (Phi) is 213. The van der Waals surface area contributed by atoms with Gasteiger partial charge < -0.3 is 10.3 Å². The van der Waals surface area contributed by atoms with E-state index in [4.69, 9.17) is 4.79 Å². The van der Waals surface area contributed by atoms with Gasteiger partial charge in [0.25, 0.3) is 0 Å². The molecule has 0 aromatic rings. The fourth-order valence-corrected chi connectivity index (χ4v) is 0. The fourth-order valence-electron chi connectivity index (χ4n) is 0. The molecule has 0 aliphatic heterocycles. The van der Waals surface area contributed by atoms with Crippen LogP contribution in [-0.2, 0) is 4.79 Å². The molecule has 2 N–H and O–H groups in total. The van der Waals surface area contributed by atoms with Gasteiger partial charge >= 0.3 is 37.7 Å². The monoisotopic (exact) mass is 90.0 g/mol. The van der Waals surface area contributed by atoms with Crippen LogP contribution in [-0.4, -0.2) is 50.0 Å². The summed E-state index contributed by atoms with van der Waals surface area (Å²) in [4.78, 5) is 8.00. The molecule has 0 radical (unpaired) electrons. The van der Waals surface area contributed by atoms with E-state index in [-0.39, 0.29) is 43.2 Å². The third-order valence-electron chi connectivity index (χ3n) is 0. The van der Waals surface area contributed by atoms with Crippen LogP contribution in [0.4, 0.5) is 0 Å². The van der Waals surface area contributed by atoms with Crippen LogP contribution >= 0.6 is 0 Å². The number of hydrogen-bond donors (Lipinski definition) is 0. The van der Waals surface area contributed by atoms with Crippen molar-refractivity contribution in [2.75, 3.05) is 0 Å². The van der Waals surface area contributed by atoms with Gasteiger partial charge in [0.15, 0.2) is 0 Å². The van der Waals surface area contributed by atoms with E-state index in [1.165, 1.54) is 0 Å². The number of carbonyl (C=O) groups is 1. The first-order valence-corrected chi connectivity index (χ1v) is 0.289. The first-order valence-electron chi connectivity index (χ1n) is 0.289. The fraction of sp³-hybridized carbons (Fsp3) is 0. The molecule has 0 fully saturated rings. The second-order valence-corrected chi connectivity index (χ2v) is 0. The Morgan fingerprint density at radius 2 is 1.25 bits per heavy atom. The number of carbonyl (C=O) groups excluding carboxylic acids is 1. The van der Waals surface area contributed by atoms with Crippen LogP contribution in [0.2, 0.25) is 0 Å². The molecule has 0 amide bonds. The molecule has 0 aromatic carbocycles. The first-order chi connectivity index (χ1) is 1.00. The summed E-state index contributed by atoms with van der Waals surface area (Å²) < 4.78 is 0. The second-order valence-electron chi connectivity index (χ2n) is 0. The van der Waals surface area contributed by atoms with Gasteiger partial charge in [0.1, 0.15) is 6.79 Å². The zero-order valence-electron chi connectivity index (χ0n) is 1.62. The van der Waals surface area contributed by atoms with E-state index < -0.39 is 0 Å². The van der Waals surface area contributed by atoms with Crippen molar-refractivity contribution >= 4 is 44.5 Å². The quantitative estimate of drug-likeness (QED) is 0.320. The minimum absolute atomic E-state index is 0. The maximum absolute atomic E-state index is 8.00. The summed E-state index contributed by atoms with van der Waals surface area (Å²) in [5, 5.41) is 0. The Morgan fingerprint density at radius 3 is 1.25 bits per heavy atom. The van der Waals surface area contributed by atoms with E-state index in [9.17, 15) is 0 Å². The molecule has 0 heterocycles. The molecule has 0 aliphatic carbocycles. The van der Waals surface area contributed by atoms with Gasteiger partial charge in [-0.2, -0.15) is 0 Å². The third-order valence-corrected chi connectivity index (χ3v) is 0. The molecule has 0 aromatic heterocycles. The van der Waals surface area contributed by atoms with Crippen molar-refractivity contribution < 1.29 is 10.3 Å². The van der Waals surface area contributed by atoms with Crippen LogP contribution in [0.1, 0.15) is 0 Å². The predicted octanol–water partition coefficient (Wildman–Crippen LogP) is -1.93. The molecule has 0 aliphatic rings. The summed E-state index contributed by atoms with van der Waals surface area (Å²) in [6.07, 6.45) is 0. The van der Waals surface area contributed by atoms with Crippen LogP contribution in [0.15, 0.2) is 0 Å². The molecule has 0 rings (SSSR count). The third kappa shape index (κ3) is 13.0. The van der Waals surface area contributed by atoms with E-state index >= 15 is 0 Å². The van der Waals surface area contributed by atoms with Gasteiger partial charge in [0, 0.05) is 0 Å². The van der Waals surface area contributed by atoms with Gasteiger partial charge in [-0.1, -0.05) is 0 Å². The Bertz CT molecular complexity index is 6.00. The molecule has 4 heavy (non-hydrogen) atoms. The molecule has 3 heteroatoms. The maximum atomic E-state index is 8.00. The van der Waals surface area contributed by atoms with Crippen LogP contribution in [0, 0.1) is 0 Å². The summed E-state index contributed by atoms with van der Waals surface area (Å²) >= 11 is 0. The van der Waals surface area contributed by atoms with E-state index in [1.54, 1.807) is 0 Å². The zero-order valence-corrected chi connectivity index (χ0v) is 1.62. The SMILES string of the molecule is C=O.O.[CaH2]. The normalized spacial score (nSPS) is 1.00. The molecule has 0 bridgehead atoms. The van der Waals surface area contributed by atoms with E-state index in [0.717, 1.165) is 0 Å². The van der Waals surface area contributed by atoms with Crippen molar-refractivity contribution in [3.8, 4) is 0 Å². The van der Waals surface area contributed by atoms with E-state index in [0.29, 0.717) is 0 Å². The van der Waals surface area contributed by atoms with Gasteiger partial charge in [-0.25, -0.2) is 0 Å². The molecule has 0 unspecified atom stereocenters. The summed E-state index contributed by atoms with van der Waals surface area (Å²) in [5.74, 6) is 0. The van der Waals surface area contributed by atoms with E-state index in [2.05, 4.69) is 0 Å². The Morgan fingerprint density at radius 1 is 1.25 bits per heavy atom. The van der Waals surface area contributed by atoms with Crippen LogP contribution in [0.5, 0.6) is 0 Å². The van der Waals surface area contributed by atoms with Gasteiger partial charge in [-0.15, -0.1) is 0 Å². The predicted molar refractivity (Wildman–Crippen MR) is 19.3 cm³/mol. The summed E-state index contributed by atoms with van der Waals surface area (Å²) in [6, 6.07) is 0. The van der Waals surface area contributed by atoms with Crippen LogP contribution in [0.3, 0.4) is 0 Å². The van der Waals surface area contributed by atoms with Crippen molar-refractivity contribution in [3.05, 3.63) is 0 Å². The van der Waals surface area contributed by atoms with Crippen molar-refractivity contribution in [2.45, 2.75) is 0 Å².